The Morgan fingerprint density at radius 3 is 2.86 bits per heavy atom. The molecule has 1 aliphatic rings. The fourth-order valence-corrected chi connectivity index (χ4v) is 2.63. The molecule has 1 aliphatic heterocycles. The zero-order valence-electron chi connectivity index (χ0n) is 16.4. The molecule has 1 aromatic rings. The van der Waals surface area contributed by atoms with Gasteiger partial charge in [-0.2, -0.15) is 13.2 Å². The van der Waals surface area contributed by atoms with Crippen LogP contribution in [0, 0.1) is 0 Å². The van der Waals surface area contributed by atoms with Gasteiger partial charge < -0.3 is 25.4 Å². The van der Waals surface area contributed by atoms with Crippen LogP contribution in [0.5, 0.6) is 0 Å². The molecule has 166 valence electrons. The summed E-state index contributed by atoms with van der Waals surface area (Å²) in [5, 5.41) is 8.91. The maximum atomic E-state index is 12.9. The van der Waals surface area contributed by atoms with Gasteiger partial charge in [-0.15, -0.1) is 24.0 Å². The molecule has 0 radical (unpaired) electrons. The predicted molar refractivity (Wildman–Crippen MR) is 117 cm³/mol. The molecule has 0 amide bonds. The van der Waals surface area contributed by atoms with E-state index < -0.39 is 11.7 Å². The topological polar surface area (TPSA) is 79.8 Å². The number of hydrogen-bond donors (Lipinski definition) is 3. The van der Waals surface area contributed by atoms with Crippen molar-refractivity contribution >= 4 is 35.8 Å². The van der Waals surface area contributed by atoms with Gasteiger partial charge in [-0.3, -0.25) is 4.99 Å². The Balaban J connectivity index is 0.00000420. The molecule has 1 unspecified atom stereocenters. The number of guanidine groups is 1. The van der Waals surface area contributed by atoms with Crippen molar-refractivity contribution in [2.75, 3.05) is 51.3 Å². The molecular weight excluding hydrogens is 502 g/mol. The number of alkyl halides is 3. The van der Waals surface area contributed by atoms with Gasteiger partial charge in [-0.25, -0.2) is 4.98 Å². The van der Waals surface area contributed by atoms with Crippen molar-refractivity contribution in [3.05, 3.63) is 23.9 Å². The van der Waals surface area contributed by atoms with Crippen molar-refractivity contribution in [3.63, 3.8) is 0 Å². The summed E-state index contributed by atoms with van der Waals surface area (Å²) in [5.41, 5.74) is -0.775. The number of pyridine rings is 1. The van der Waals surface area contributed by atoms with Crippen molar-refractivity contribution in [2.45, 2.75) is 32.0 Å². The Hall–Kier alpha value is -1.34. The fraction of sp³-hybridized carbons (Fsp3) is 0.667. The highest BCUT2D eigenvalue weighted by Gasteiger charge is 2.33. The molecule has 3 N–H and O–H groups in total. The minimum absolute atomic E-state index is 0. The lowest BCUT2D eigenvalue weighted by atomic mass is 10.2. The van der Waals surface area contributed by atoms with Crippen molar-refractivity contribution < 1.29 is 22.6 Å². The molecule has 2 rings (SSSR count). The zero-order chi connectivity index (χ0) is 20.2. The van der Waals surface area contributed by atoms with Gasteiger partial charge in [-0.1, -0.05) is 0 Å². The van der Waals surface area contributed by atoms with Crippen LogP contribution in [0.15, 0.2) is 23.3 Å². The Labute approximate surface area is 186 Å². The smallest absolute Gasteiger partial charge is 0.379 e. The maximum Gasteiger partial charge on any atom is 0.419 e. The number of nitrogens with one attached hydrogen (secondary N) is 3. The summed E-state index contributed by atoms with van der Waals surface area (Å²) in [4.78, 5) is 8.21. The molecule has 7 nitrogen and oxygen atoms in total. The van der Waals surface area contributed by atoms with E-state index in [-0.39, 0.29) is 42.4 Å². The number of ether oxygens (including phenoxy) is 2. The highest BCUT2D eigenvalue weighted by molar-refractivity contribution is 14.0. The van der Waals surface area contributed by atoms with Gasteiger partial charge >= 0.3 is 6.18 Å². The van der Waals surface area contributed by atoms with Gasteiger partial charge in [0.1, 0.15) is 5.82 Å². The second kappa shape index (κ2) is 13.8. The van der Waals surface area contributed by atoms with Crippen molar-refractivity contribution in [1.82, 2.24) is 15.6 Å². The van der Waals surface area contributed by atoms with E-state index in [2.05, 4.69) is 25.9 Å². The summed E-state index contributed by atoms with van der Waals surface area (Å²) in [5.74, 6) is 0.442. The van der Waals surface area contributed by atoms with E-state index in [0.29, 0.717) is 38.8 Å². The first-order valence-electron chi connectivity index (χ1n) is 9.48. The summed E-state index contributed by atoms with van der Waals surface area (Å²) < 4.78 is 49.8. The molecular formula is C18H29F3IN5O2. The number of nitrogens with zero attached hydrogens (tertiary/aromatic N) is 2. The molecule has 2 heterocycles. The second-order valence-electron chi connectivity index (χ2n) is 6.22. The lowest BCUT2D eigenvalue weighted by molar-refractivity contribution is -0.137. The minimum Gasteiger partial charge on any atom is -0.379 e. The van der Waals surface area contributed by atoms with Crippen LogP contribution in [0.4, 0.5) is 19.0 Å². The van der Waals surface area contributed by atoms with E-state index in [1.807, 2.05) is 6.92 Å². The summed E-state index contributed by atoms with van der Waals surface area (Å²) in [6.45, 7) is 5.94. The predicted octanol–water partition coefficient (Wildman–Crippen LogP) is 2.88. The Morgan fingerprint density at radius 2 is 2.17 bits per heavy atom. The number of aliphatic imine (C=N–C) groups is 1. The summed E-state index contributed by atoms with van der Waals surface area (Å²) in [6, 6.07) is 2.28. The normalized spacial score (nSPS) is 17.0. The fourth-order valence-electron chi connectivity index (χ4n) is 2.63. The second-order valence-corrected chi connectivity index (χ2v) is 6.22. The number of hydrogen-bond acceptors (Lipinski definition) is 5. The first kappa shape index (κ1) is 25.7. The Morgan fingerprint density at radius 1 is 1.34 bits per heavy atom. The average Bonchev–Trinajstić information content (AvgIpc) is 3.18. The molecule has 1 aromatic heterocycles. The molecule has 11 heteroatoms. The molecule has 1 fully saturated rings. The van der Waals surface area contributed by atoms with E-state index in [1.54, 1.807) is 0 Å². The van der Waals surface area contributed by atoms with Crippen LogP contribution >= 0.6 is 24.0 Å². The lowest BCUT2D eigenvalue weighted by Crippen LogP contribution is -2.39. The molecule has 1 atom stereocenters. The Bertz CT molecular complexity index is 613. The highest BCUT2D eigenvalue weighted by Crippen LogP contribution is 2.33. The summed E-state index contributed by atoms with van der Waals surface area (Å²) in [7, 11) is 0. The number of rotatable bonds is 10. The molecule has 1 saturated heterocycles. The van der Waals surface area contributed by atoms with Crippen molar-refractivity contribution in [2.24, 2.45) is 4.99 Å². The SMILES string of the molecule is CCNC(=NCCCOC1CCOC1)NCCNc1ncccc1C(F)(F)F.I. The van der Waals surface area contributed by atoms with E-state index in [1.165, 1.54) is 12.3 Å². The number of halogens is 4. The minimum atomic E-state index is -4.44. The molecule has 0 bridgehead atoms. The van der Waals surface area contributed by atoms with Crippen molar-refractivity contribution in [3.8, 4) is 0 Å². The summed E-state index contributed by atoms with van der Waals surface area (Å²) >= 11 is 0. The molecule has 0 aliphatic carbocycles. The van der Waals surface area contributed by atoms with Crippen LogP contribution in [0.2, 0.25) is 0 Å². The van der Waals surface area contributed by atoms with Crippen LogP contribution in [0.1, 0.15) is 25.3 Å². The number of aromatic nitrogens is 1. The van der Waals surface area contributed by atoms with Crippen LogP contribution in [0.3, 0.4) is 0 Å². The zero-order valence-corrected chi connectivity index (χ0v) is 18.8. The maximum absolute atomic E-state index is 12.9. The van der Waals surface area contributed by atoms with Gasteiger partial charge in [0.25, 0.3) is 0 Å². The largest absolute Gasteiger partial charge is 0.419 e. The molecule has 0 saturated carbocycles. The third kappa shape index (κ3) is 9.81. The van der Waals surface area contributed by atoms with Crippen molar-refractivity contribution in [1.29, 1.82) is 0 Å². The third-order valence-electron chi connectivity index (χ3n) is 3.98. The lowest BCUT2D eigenvalue weighted by Gasteiger charge is -2.15. The van der Waals surface area contributed by atoms with Crippen LogP contribution in [0.25, 0.3) is 0 Å². The van der Waals surface area contributed by atoms with Gasteiger partial charge in [0, 0.05) is 45.6 Å². The van der Waals surface area contributed by atoms with Crippen LogP contribution in [-0.2, 0) is 15.7 Å². The van der Waals surface area contributed by atoms with Crippen LogP contribution in [-0.4, -0.2) is 63.0 Å². The van der Waals surface area contributed by atoms with Gasteiger partial charge in [0.05, 0.1) is 18.3 Å². The van der Waals surface area contributed by atoms with E-state index in [0.717, 1.165) is 25.5 Å². The monoisotopic (exact) mass is 531 g/mol. The first-order valence-corrected chi connectivity index (χ1v) is 9.48. The molecule has 0 aromatic carbocycles. The van der Waals surface area contributed by atoms with Gasteiger partial charge in [0.15, 0.2) is 5.96 Å². The first-order chi connectivity index (χ1) is 13.5. The molecule has 29 heavy (non-hydrogen) atoms. The number of anilines is 1. The highest BCUT2D eigenvalue weighted by atomic mass is 127. The van der Waals surface area contributed by atoms with E-state index in [9.17, 15) is 13.2 Å². The average molecular weight is 531 g/mol. The molecule has 0 spiro atoms. The van der Waals surface area contributed by atoms with Gasteiger partial charge in [-0.05, 0) is 31.9 Å². The quantitative estimate of drug-likeness (QED) is 0.187. The van der Waals surface area contributed by atoms with E-state index in [4.69, 9.17) is 9.47 Å². The van der Waals surface area contributed by atoms with Crippen LogP contribution < -0.4 is 16.0 Å². The summed E-state index contributed by atoms with van der Waals surface area (Å²) in [6.07, 6.45) is -1.20. The third-order valence-corrected chi connectivity index (χ3v) is 3.98. The Kier molecular flexibility index (Phi) is 12.2. The standard InChI is InChI=1S/C18H28F3N5O2.HI/c1-2-22-17(25-8-4-11-28-14-6-12-27-13-14)26-10-9-24-16-15(18(19,20)21)5-3-7-23-16;/h3,5,7,14H,2,4,6,8-13H2,1H3,(H,23,24)(H2,22,25,26);1H. The van der Waals surface area contributed by atoms with Gasteiger partial charge in [0.2, 0.25) is 0 Å². The van der Waals surface area contributed by atoms with E-state index >= 15 is 0 Å².